The zero-order chi connectivity index (χ0) is 45.7. The van der Waals surface area contributed by atoms with E-state index in [4.69, 9.17) is 9.05 Å². The average molecular weight is 906 g/mol. The maximum atomic E-state index is 13.0. The molecule has 0 spiro atoms. The van der Waals surface area contributed by atoms with Crippen LogP contribution in [0, 0.1) is 0 Å². The highest BCUT2D eigenvalue weighted by Crippen LogP contribution is 2.47. The van der Waals surface area contributed by atoms with E-state index in [1.165, 1.54) is 173 Å². The number of phosphoric ester groups is 1. The van der Waals surface area contributed by atoms with Crippen molar-refractivity contribution in [2.75, 3.05) is 6.61 Å². The molecule has 0 saturated heterocycles. The summed E-state index contributed by atoms with van der Waals surface area (Å²) in [6, 6.07) is -1.11. The van der Waals surface area contributed by atoms with Gasteiger partial charge in [-0.2, -0.15) is 0 Å². The summed E-state index contributed by atoms with van der Waals surface area (Å²) in [4.78, 5) is 23.4. The molecule has 1 amide bonds. The third-order valence-electron chi connectivity index (χ3n) is 12.6. The van der Waals surface area contributed by atoms with Crippen LogP contribution in [0.2, 0.25) is 0 Å². The van der Waals surface area contributed by atoms with Crippen molar-refractivity contribution in [1.82, 2.24) is 5.32 Å². The fraction of sp³-hybridized carbons (Fsp3) is 0.939. The maximum Gasteiger partial charge on any atom is 0.472 e. The molecule has 1 aliphatic carbocycles. The van der Waals surface area contributed by atoms with Crippen molar-refractivity contribution in [2.24, 2.45) is 0 Å². The Hall–Kier alpha value is -0.920. The van der Waals surface area contributed by atoms with Gasteiger partial charge in [0.15, 0.2) is 0 Å². The second-order valence-electron chi connectivity index (χ2n) is 18.4. The molecule has 0 aromatic carbocycles. The molecule has 9 atom stereocenters. The lowest BCUT2D eigenvalue weighted by atomic mass is 9.85. The first-order valence-corrected chi connectivity index (χ1v) is 27.1. The minimum absolute atomic E-state index is 0.219. The summed E-state index contributed by atoms with van der Waals surface area (Å²) in [5.41, 5.74) is 0. The van der Waals surface area contributed by atoms with Gasteiger partial charge in [-0.15, -0.1) is 0 Å². The molecule has 0 radical (unpaired) electrons. The summed E-state index contributed by atoms with van der Waals surface area (Å²) in [5.74, 6) is -0.336. The normalized spacial score (nSPS) is 22.5. The van der Waals surface area contributed by atoms with Crippen LogP contribution in [0.4, 0.5) is 0 Å². The van der Waals surface area contributed by atoms with Crippen LogP contribution in [0.1, 0.15) is 239 Å². The largest absolute Gasteiger partial charge is 0.472 e. The zero-order valence-corrected chi connectivity index (χ0v) is 40.3. The number of hydrogen-bond acceptors (Lipinski definition) is 10. The summed E-state index contributed by atoms with van der Waals surface area (Å²) >= 11 is 0. The van der Waals surface area contributed by atoms with E-state index < -0.39 is 63.2 Å². The number of phosphoric acid groups is 1. The highest BCUT2D eigenvalue weighted by Gasteiger charge is 2.51. The van der Waals surface area contributed by atoms with Gasteiger partial charge in [0.1, 0.15) is 36.6 Å². The first-order valence-electron chi connectivity index (χ1n) is 25.6. The van der Waals surface area contributed by atoms with E-state index in [9.17, 15) is 44.9 Å². The SMILES string of the molecule is CCCCCCCCCCCCC/C=C/[C@@H](O)[C@H](COP(=O)(O)OC1C(O)C(O)C(O)[C@@H](O)C1O)NC(=O)CCCCCCCCCCCCCCCCCCCCCCCC. The standard InChI is InChI=1S/C49H96NO11P/c1-3-5-7-9-11-13-15-17-18-19-20-21-22-23-24-25-27-29-31-33-35-37-39-43(52)50-41(42(51)38-36-34-32-30-28-26-16-14-12-10-8-6-4-2)40-60-62(58,59)61-49-47(56)45(54)44(53)46(55)48(49)57/h36,38,41-42,44-49,51,53-57H,3-35,37,39-40H2,1-2H3,(H,50,52)(H,58,59)/b38-36+/t41-,42+,44?,45+,46?,47?,48?,49?/m0/s1. The van der Waals surface area contributed by atoms with Crippen molar-refractivity contribution in [3.05, 3.63) is 12.2 Å². The molecule has 0 bridgehead atoms. The van der Waals surface area contributed by atoms with E-state index in [0.717, 1.165) is 44.9 Å². The van der Waals surface area contributed by atoms with Crippen molar-refractivity contribution in [2.45, 2.75) is 287 Å². The van der Waals surface area contributed by atoms with Gasteiger partial charge in [0.25, 0.3) is 0 Å². The van der Waals surface area contributed by atoms with Crippen LogP contribution in [-0.4, -0.2) is 96.8 Å². The van der Waals surface area contributed by atoms with Gasteiger partial charge in [0, 0.05) is 6.42 Å². The first-order chi connectivity index (χ1) is 29.9. The van der Waals surface area contributed by atoms with Crippen LogP contribution in [-0.2, 0) is 18.4 Å². The van der Waals surface area contributed by atoms with Crippen LogP contribution in [0.5, 0.6) is 0 Å². The molecule has 368 valence electrons. The third-order valence-corrected chi connectivity index (χ3v) is 13.6. The number of amides is 1. The first kappa shape index (κ1) is 59.1. The fourth-order valence-electron chi connectivity index (χ4n) is 8.38. The number of nitrogens with one attached hydrogen (secondary N) is 1. The minimum atomic E-state index is -5.08. The van der Waals surface area contributed by atoms with Crippen LogP contribution in [0.25, 0.3) is 0 Å². The zero-order valence-electron chi connectivity index (χ0n) is 39.4. The number of aliphatic hydroxyl groups excluding tert-OH is 6. The number of rotatable bonds is 43. The molecular weight excluding hydrogens is 810 g/mol. The predicted molar refractivity (Wildman–Crippen MR) is 251 cm³/mol. The molecule has 1 rings (SSSR count). The van der Waals surface area contributed by atoms with Crippen molar-refractivity contribution in [3.63, 3.8) is 0 Å². The minimum Gasteiger partial charge on any atom is -0.387 e. The number of carbonyl (C=O) groups is 1. The lowest BCUT2D eigenvalue weighted by molar-refractivity contribution is -0.220. The van der Waals surface area contributed by atoms with E-state index in [2.05, 4.69) is 19.2 Å². The van der Waals surface area contributed by atoms with Gasteiger partial charge >= 0.3 is 7.82 Å². The molecule has 1 aliphatic rings. The second kappa shape index (κ2) is 39.3. The molecule has 8 N–H and O–H groups in total. The fourth-order valence-corrected chi connectivity index (χ4v) is 9.34. The molecule has 6 unspecified atom stereocenters. The molecule has 13 heteroatoms. The van der Waals surface area contributed by atoms with E-state index in [1.54, 1.807) is 0 Å². The molecule has 0 heterocycles. The molecule has 12 nitrogen and oxygen atoms in total. The molecule has 1 fully saturated rings. The number of aliphatic hydroxyl groups is 6. The van der Waals surface area contributed by atoms with E-state index >= 15 is 0 Å². The van der Waals surface area contributed by atoms with Crippen LogP contribution in [0.15, 0.2) is 12.2 Å². The van der Waals surface area contributed by atoms with Crippen LogP contribution in [0.3, 0.4) is 0 Å². The summed E-state index contributed by atoms with van der Waals surface area (Å²) in [6.45, 7) is 3.86. The monoisotopic (exact) mass is 906 g/mol. The van der Waals surface area contributed by atoms with Crippen LogP contribution >= 0.6 is 7.82 Å². The number of hydrogen-bond donors (Lipinski definition) is 8. The van der Waals surface area contributed by atoms with Gasteiger partial charge in [-0.1, -0.05) is 225 Å². The molecule has 0 aromatic rings. The molecular formula is C49H96NO11P. The third kappa shape index (κ3) is 30.3. The Kier molecular flexibility index (Phi) is 37.4. The van der Waals surface area contributed by atoms with Crippen molar-refractivity contribution in [3.8, 4) is 0 Å². The van der Waals surface area contributed by atoms with Gasteiger partial charge in [-0.05, 0) is 19.3 Å². The smallest absolute Gasteiger partial charge is 0.387 e. The molecule has 62 heavy (non-hydrogen) atoms. The summed E-state index contributed by atoms with van der Waals surface area (Å²) in [5, 5.41) is 64.1. The summed E-state index contributed by atoms with van der Waals surface area (Å²) < 4.78 is 22.9. The maximum absolute atomic E-state index is 13.0. The molecule has 0 aliphatic heterocycles. The van der Waals surface area contributed by atoms with Crippen LogP contribution < -0.4 is 5.32 Å². The summed E-state index contributed by atoms with van der Waals surface area (Å²) in [6.07, 6.45) is 32.9. The Morgan fingerprint density at radius 3 is 1.23 bits per heavy atom. The molecule has 0 aromatic heterocycles. The number of allylic oxidation sites excluding steroid dienone is 1. The Labute approximate surface area is 378 Å². The number of carbonyl (C=O) groups excluding carboxylic acids is 1. The Balaban J connectivity index is 2.38. The quantitative estimate of drug-likeness (QED) is 0.0164. The van der Waals surface area contributed by atoms with Gasteiger partial charge in [-0.25, -0.2) is 4.57 Å². The lowest BCUT2D eigenvalue weighted by Crippen LogP contribution is -2.64. The Morgan fingerprint density at radius 2 is 0.855 bits per heavy atom. The van der Waals surface area contributed by atoms with E-state index in [-0.39, 0.29) is 12.3 Å². The van der Waals surface area contributed by atoms with Crippen molar-refractivity contribution in [1.29, 1.82) is 0 Å². The van der Waals surface area contributed by atoms with E-state index in [1.807, 2.05) is 6.08 Å². The van der Waals surface area contributed by atoms with E-state index in [0.29, 0.717) is 6.42 Å². The Bertz CT molecular complexity index is 1100. The van der Waals surface area contributed by atoms with Gasteiger partial charge < -0.3 is 40.8 Å². The van der Waals surface area contributed by atoms with Crippen molar-refractivity contribution >= 4 is 13.7 Å². The number of unbranched alkanes of at least 4 members (excludes halogenated alkanes) is 32. The van der Waals surface area contributed by atoms with Gasteiger partial charge in [0.2, 0.25) is 5.91 Å². The summed E-state index contributed by atoms with van der Waals surface area (Å²) in [7, 11) is -5.08. The predicted octanol–water partition coefficient (Wildman–Crippen LogP) is 10.4. The highest BCUT2D eigenvalue weighted by molar-refractivity contribution is 7.47. The lowest BCUT2D eigenvalue weighted by Gasteiger charge is -2.41. The Morgan fingerprint density at radius 1 is 0.532 bits per heavy atom. The van der Waals surface area contributed by atoms with Gasteiger partial charge in [0.05, 0.1) is 18.8 Å². The van der Waals surface area contributed by atoms with Crippen molar-refractivity contribution < 1.29 is 53.9 Å². The van der Waals surface area contributed by atoms with Gasteiger partial charge in [-0.3, -0.25) is 13.8 Å². The highest BCUT2D eigenvalue weighted by atomic mass is 31.2. The second-order valence-corrected chi connectivity index (χ2v) is 19.8. The molecule has 1 saturated carbocycles. The average Bonchev–Trinajstić information content (AvgIpc) is 3.25. The topological polar surface area (TPSA) is 206 Å².